The molecule has 0 radical (unpaired) electrons. The maximum Gasteiger partial charge on any atom is 0.191 e. The quantitative estimate of drug-likeness (QED) is 0.289. The van der Waals surface area contributed by atoms with E-state index < -0.39 is 0 Å². The van der Waals surface area contributed by atoms with Crippen LogP contribution in [0.15, 0.2) is 35.5 Å². The van der Waals surface area contributed by atoms with Gasteiger partial charge in [0.25, 0.3) is 0 Å². The van der Waals surface area contributed by atoms with E-state index in [1.165, 1.54) is 42.6 Å². The highest BCUT2D eigenvalue weighted by molar-refractivity contribution is 14.0. The number of H-pyrrole nitrogens is 1. The fourth-order valence-electron chi connectivity index (χ4n) is 3.77. The monoisotopic (exact) mass is 512 g/mol. The molecule has 6 nitrogen and oxygen atoms in total. The Hall–Kier alpha value is -1.32. The second-order valence-corrected chi connectivity index (χ2v) is 7.96. The van der Waals surface area contributed by atoms with Gasteiger partial charge in [0.15, 0.2) is 5.96 Å². The lowest BCUT2D eigenvalue weighted by atomic mass is 10.1. The number of benzene rings is 1. The van der Waals surface area contributed by atoms with E-state index in [9.17, 15) is 0 Å². The van der Waals surface area contributed by atoms with Gasteiger partial charge in [-0.3, -0.25) is 4.99 Å². The highest BCUT2D eigenvalue weighted by atomic mass is 127. The lowest BCUT2D eigenvalue weighted by Crippen LogP contribution is -2.46. The Morgan fingerprint density at radius 1 is 1.17 bits per heavy atom. The number of fused-ring (bicyclic) bond motifs is 1. The molecule has 0 spiro atoms. The Morgan fingerprint density at radius 2 is 1.93 bits per heavy atom. The number of hydrogen-bond donors (Lipinski definition) is 3. The summed E-state index contributed by atoms with van der Waals surface area (Å²) in [4.78, 5) is 13.1. The number of likely N-dealkylation sites (N-methyl/N-ethyl adjacent to an activating group) is 1. The molecule has 1 aromatic heterocycles. The van der Waals surface area contributed by atoms with Crippen LogP contribution in [0, 0.1) is 5.92 Å². The minimum absolute atomic E-state index is 0. The molecule has 1 aliphatic rings. The molecule has 0 aliphatic carbocycles. The topological polar surface area (TPSA) is 58.7 Å². The molecule has 0 bridgehead atoms. The Kier molecular flexibility index (Phi) is 10.2. The minimum atomic E-state index is 0. The van der Waals surface area contributed by atoms with Crippen LogP contribution >= 0.6 is 24.0 Å². The molecule has 29 heavy (non-hydrogen) atoms. The number of halogens is 1. The number of nitrogens with zero attached hydrogens (tertiary/aromatic N) is 3. The van der Waals surface area contributed by atoms with Gasteiger partial charge in [-0.2, -0.15) is 0 Å². The Bertz CT molecular complexity index is 751. The molecule has 3 rings (SSSR count). The SMILES string of the molecule is CCNC(=NCC(C)CN1CCN(C)CC1)NCCc1c[nH]c2ccccc12.I. The Morgan fingerprint density at radius 3 is 2.69 bits per heavy atom. The van der Waals surface area contributed by atoms with Crippen molar-refractivity contribution in [1.29, 1.82) is 0 Å². The van der Waals surface area contributed by atoms with Crippen molar-refractivity contribution < 1.29 is 0 Å². The summed E-state index contributed by atoms with van der Waals surface area (Å²) >= 11 is 0. The van der Waals surface area contributed by atoms with Gasteiger partial charge < -0.3 is 25.4 Å². The maximum absolute atomic E-state index is 4.82. The highest BCUT2D eigenvalue weighted by Crippen LogP contribution is 2.17. The molecule has 2 aromatic rings. The third kappa shape index (κ3) is 7.46. The van der Waals surface area contributed by atoms with Crippen LogP contribution in [0.5, 0.6) is 0 Å². The molecule has 0 amide bonds. The fraction of sp³-hybridized carbons (Fsp3) is 0.591. The first-order valence-electron chi connectivity index (χ1n) is 10.6. The summed E-state index contributed by atoms with van der Waals surface area (Å²) in [6, 6.07) is 8.47. The zero-order valence-electron chi connectivity index (χ0n) is 18.1. The molecule has 2 heterocycles. The first kappa shape index (κ1) is 24.0. The molecule has 1 unspecified atom stereocenters. The number of hydrogen-bond acceptors (Lipinski definition) is 3. The van der Waals surface area contributed by atoms with E-state index in [-0.39, 0.29) is 24.0 Å². The van der Waals surface area contributed by atoms with Crippen LogP contribution in [-0.4, -0.2) is 80.1 Å². The molecule has 3 N–H and O–H groups in total. The van der Waals surface area contributed by atoms with Gasteiger partial charge in [0, 0.05) is 69.5 Å². The first-order chi connectivity index (χ1) is 13.7. The van der Waals surface area contributed by atoms with Gasteiger partial charge in [-0.25, -0.2) is 0 Å². The van der Waals surface area contributed by atoms with Crippen molar-refractivity contribution >= 4 is 40.8 Å². The second-order valence-electron chi connectivity index (χ2n) is 7.96. The molecule has 1 aliphatic heterocycles. The zero-order valence-corrected chi connectivity index (χ0v) is 20.4. The molecular formula is C22H37IN6. The second kappa shape index (κ2) is 12.4. The standard InChI is InChI=1S/C22H36N6.HI/c1-4-23-22(26-15-18(2)17-28-13-11-27(3)12-14-28)24-10-9-19-16-25-21-8-6-5-7-20(19)21;/h5-8,16,18,25H,4,9-15,17H2,1-3H3,(H2,23,24,26);1H. The smallest absolute Gasteiger partial charge is 0.191 e. The number of piperazine rings is 1. The third-order valence-electron chi connectivity index (χ3n) is 5.43. The molecule has 162 valence electrons. The van der Waals surface area contributed by atoms with Gasteiger partial charge in [0.1, 0.15) is 0 Å². The molecule has 1 aromatic carbocycles. The van der Waals surface area contributed by atoms with Crippen molar-refractivity contribution in [1.82, 2.24) is 25.4 Å². The van der Waals surface area contributed by atoms with Crippen molar-refractivity contribution in [3.8, 4) is 0 Å². The van der Waals surface area contributed by atoms with E-state index >= 15 is 0 Å². The van der Waals surface area contributed by atoms with Gasteiger partial charge in [-0.05, 0) is 37.9 Å². The Balaban J connectivity index is 0.00000300. The highest BCUT2D eigenvalue weighted by Gasteiger charge is 2.16. The van der Waals surface area contributed by atoms with E-state index in [1.54, 1.807) is 0 Å². The molecule has 1 atom stereocenters. The average molecular weight is 512 g/mol. The van der Waals surface area contributed by atoms with E-state index in [4.69, 9.17) is 4.99 Å². The van der Waals surface area contributed by atoms with E-state index in [0.717, 1.165) is 38.6 Å². The molecule has 0 saturated carbocycles. The lowest BCUT2D eigenvalue weighted by molar-refractivity contribution is 0.140. The van der Waals surface area contributed by atoms with E-state index in [1.807, 2.05) is 0 Å². The van der Waals surface area contributed by atoms with Crippen LogP contribution in [0.25, 0.3) is 10.9 Å². The average Bonchev–Trinajstić information content (AvgIpc) is 3.11. The van der Waals surface area contributed by atoms with Crippen molar-refractivity contribution in [3.05, 3.63) is 36.0 Å². The Labute approximate surface area is 192 Å². The van der Waals surface area contributed by atoms with Crippen LogP contribution in [0.2, 0.25) is 0 Å². The predicted octanol–water partition coefficient (Wildman–Crippen LogP) is 2.77. The molecule has 1 saturated heterocycles. The van der Waals surface area contributed by atoms with E-state index in [2.05, 4.69) is 76.8 Å². The largest absolute Gasteiger partial charge is 0.361 e. The van der Waals surface area contributed by atoms with Gasteiger partial charge in [0.2, 0.25) is 0 Å². The molecule has 1 fully saturated rings. The summed E-state index contributed by atoms with van der Waals surface area (Å²) in [5.74, 6) is 1.49. The number of aliphatic imine (C=N–C) groups is 1. The predicted molar refractivity (Wildman–Crippen MR) is 135 cm³/mol. The number of rotatable bonds is 8. The van der Waals surface area contributed by atoms with E-state index in [0.29, 0.717) is 5.92 Å². The molecule has 7 heteroatoms. The number of aromatic amines is 1. The molecular weight excluding hydrogens is 475 g/mol. The van der Waals surface area contributed by atoms with Crippen LogP contribution < -0.4 is 10.6 Å². The third-order valence-corrected chi connectivity index (χ3v) is 5.43. The van der Waals surface area contributed by atoms with Gasteiger partial charge in [-0.15, -0.1) is 24.0 Å². The summed E-state index contributed by atoms with van der Waals surface area (Å²) in [5, 5.41) is 8.18. The van der Waals surface area contributed by atoms with Crippen molar-refractivity contribution in [2.45, 2.75) is 20.3 Å². The van der Waals surface area contributed by atoms with Crippen LogP contribution in [0.3, 0.4) is 0 Å². The maximum atomic E-state index is 4.82. The summed E-state index contributed by atoms with van der Waals surface area (Å²) in [6.45, 7) is 12.9. The zero-order chi connectivity index (χ0) is 19.8. The summed E-state index contributed by atoms with van der Waals surface area (Å²) < 4.78 is 0. The fourth-order valence-corrected chi connectivity index (χ4v) is 3.77. The van der Waals surface area contributed by atoms with Gasteiger partial charge in [0.05, 0.1) is 0 Å². The van der Waals surface area contributed by atoms with Gasteiger partial charge in [-0.1, -0.05) is 25.1 Å². The summed E-state index contributed by atoms with van der Waals surface area (Å²) in [5.41, 5.74) is 2.55. The lowest BCUT2D eigenvalue weighted by Gasteiger charge is -2.33. The summed E-state index contributed by atoms with van der Waals surface area (Å²) in [7, 11) is 2.20. The first-order valence-corrected chi connectivity index (χ1v) is 10.6. The van der Waals surface area contributed by atoms with Gasteiger partial charge >= 0.3 is 0 Å². The summed E-state index contributed by atoms with van der Waals surface area (Å²) in [6.07, 6.45) is 3.10. The number of aromatic nitrogens is 1. The number of guanidine groups is 1. The van der Waals surface area contributed by atoms with Crippen LogP contribution in [0.1, 0.15) is 19.4 Å². The number of nitrogens with one attached hydrogen (secondary N) is 3. The van der Waals surface area contributed by atoms with Crippen molar-refractivity contribution in [2.75, 3.05) is 59.4 Å². The minimum Gasteiger partial charge on any atom is -0.361 e. The van der Waals surface area contributed by atoms with Crippen molar-refractivity contribution in [2.24, 2.45) is 10.9 Å². The van der Waals surface area contributed by atoms with Crippen LogP contribution in [-0.2, 0) is 6.42 Å². The number of para-hydroxylation sites is 1. The van der Waals surface area contributed by atoms with Crippen molar-refractivity contribution in [3.63, 3.8) is 0 Å². The van der Waals surface area contributed by atoms with Crippen LogP contribution in [0.4, 0.5) is 0 Å². The normalized spacial score (nSPS) is 17.1.